The van der Waals surface area contributed by atoms with E-state index in [4.69, 9.17) is 4.74 Å². The number of nitrogens with one attached hydrogen (secondary N) is 1. The van der Waals surface area contributed by atoms with Crippen LogP contribution in [0.3, 0.4) is 0 Å². The molecule has 0 saturated heterocycles. The predicted octanol–water partition coefficient (Wildman–Crippen LogP) is 2.01. The zero-order valence-corrected chi connectivity index (χ0v) is 13.9. The van der Waals surface area contributed by atoms with Crippen molar-refractivity contribution in [1.82, 2.24) is 4.72 Å². The van der Waals surface area contributed by atoms with Gasteiger partial charge in [0.15, 0.2) is 0 Å². The number of hydrogen-bond donors (Lipinski definition) is 1. The van der Waals surface area contributed by atoms with Gasteiger partial charge in [-0.05, 0) is 30.4 Å². The number of carbonyl (C=O) groups excluding carboxylic acids is 1. The average molecular weight is 325 g/mol. The zero-order chi connectivity index (χ0) is 16.2. The van der Waals surface area contributed by atoms with Crippen molar-refractivity contribution in [2.24, 2.45) is 5.41 Å². The minimum Gasteiger partial charge on any atom is -0.384 e. The maximum absolute atomic E-state index is 12.3. The first-order valence-corrected chi connectivity index (χ1v) is 9.18. The third kappa shape index (κ3) is 3.87. The summed E-state index contributed by atoms with van der Waals surface area (Å²) in [6.07, 6.45) is 3.18. The van der Waals surface area contributed by atoms with Crippen LogP contribution in [0.15, 0.2) is 24.3 Å². The molecule has 5 nitrogen and oxygen atoms in total. The quantitative estimate of drug-likeness (QED) is 0.832. The number of rotatable bonds is 7. The molecule has 122 valence electrons. The summed E-state index contributed by atoms with van der Waals surface area (Å²) in [5, 5.41) is 0. The third-order valence-electron chi connectivity index (χ3n) is 4.25. The van der Waals surface area contributed by atoms with Gasteiger partial charge in [-0.25, -0.2) is 8.42 Å². The molecule has 1 amide bonds. The van der Waals surface area contributed by atoms with E-state index in [1.54, 1.807) is 12.1 Å². The van der Waals surface area contributed by atoms with Crippen molar-refractivity contribution >= 4 is 15.9 Å². The van der Waals surface area contributed by atoms with Gasteiger partial charge in [-0.3, -0.25) is 9.52 Å². The Kier molecular flexibility index (Phi) is 5.24. The molecule has 0 aromatic heterocycles. The van der Waals surface area contributed by atoms with E-state index in [1.165, 1.54) is 7.11 Å². The number of carbonyl (C=O) groups is 1. The summed E-state index contributed by atoms with van der Waals surface area (Å²) in [5.41, 5.74) is 1.15. The van der Waals surface area contributed by atoms with Gasteiger partial charge in [0.05, 0.1) is 17.8 Å². The Bertz CT molecular complexity index is 618. The summed E-state index contributed by atoms with van der Waals surface area (Å²) in [7, 11) is -2.16. The van der Waals surface area contributed by atoms with E-state index in [1.807, 2.05) is 19.1 Å². The van der Waals surface area contributed by atoms with Gasteiger partial charge in [-0.15, -0.1) is 0 Å². The largest absolute Gasteiger partial charge is 0.384 e. The smallest absolute Gasteiger partial charge is 0.241 e. The molecule has 0 radical (unpaired) electrons. The van der Waals surface area contributed by atoms with Gasteiger partial charge in [0, 0.05) is 7.11 Å². The maximum Gasteiger partial charge on any atom is 0.241 e. The molecule has 1 aromatic carbocycles. The maximum atomic E-state index is 12.3. The second-order valence-electron chi connectivity index (χ2n) is 5.93. The second kappa shape index (κ2) is 6.79. The van der Waals surface area contributed by atoms with Crippen LogP contribution < -0.4 is 4.72 Å². The van der Waals surface area contributed by atoms with Gasteiger partial charge in [-0.1, -0.05) is 37.6 Å². The van der Waals surface area contributed by atoms with Crippen LogP contribution in [0.2, 0.25) is 0 Å². The van der Waals surface area contributed by atoms with Crippen LogP contribution in [0, 0.1) is 5.41 Å². The molecule has 1 N–H and O–H groups in total. The minimum absolute atomic E-state index is 0.189. The lowest BCUT2D eigenvalue weighted by atomic mass is 9.69. The molecule has 1 aliphatic carbocycles. The first-order valence-electron chi connectivity index (χ1n) is 7.52. The van der Waals surface area contributed by atoms with E-state index in [0.29, 0.717) is 18.4 Å². The Labute approximate surface area is 132 Å². The van der Waals surface area contributed by atoms with E-state index in [2.05, 4.69) is 4.72 Å². The van der Waals surface area contributed by atoms with Crippen molar-refractivity contribution in [3.05, 3.63) is 35.4 Å². The van der Waals surface area contributed by atoms with Gasteiger partial charge >= 0.3 is 0 Å². The Hall–Kier alpha value is -1.40. The van der Waals surface area contributed by atoms with Crippen LogP contribution in [0.25, 0.3) is 0 Å². The highest BCUT2D eigenvalue weighted by Crippen LogP contribution is 2.41. The number of hydrogen-bond acceptors (Lipinski definition) is 4. The fraction of sp³-hybridized carbons (Fsp3) is 0.562. The van der Waals surface area contributed by atoms with Crippen molar-refractivity contribution < 1.29 is 17.9 Å². The highest BCUT2D eigenvalue weighted by molar-refractivity contribution is 7.89. The first-order chi connectivity index (χ1) is 10.4. The van der Waals surface area contributed by atoms with E-state index >= 15 is 0 Å². The van der Waals surface area contributed by atoms with Crippen LogP contribution >= 0.6 is 0 Å². The second-order valence-corrected chi connectivity index (χ2v) is 7.65. The van der Waals surface area contributed by atoms with Crippen LogP contribution in [-0.2, 0) is 31.7 Å². The van der Waals surface area contributed by atoms with Crippen LogP contribution in [-0.4, -0.2) is 28.0 Å². The summed E-state index contributed by atoms with van der Waals surface area (Å²) in [6.45, 7) is 2.30. The van der Waals surface area contributed by atoms with Crippen molar-refractivity contribution in [3.63, 3.8) is 0 Å². The first kappa shape index (κ1) is 17.0. The van der Waals surface area contributed by atoms with E-state index in [-0.39, 0.29) is 12.4 Å². The molecule has 0 heterocycles. The van der Waals surface area contributed by atoms with E-state index < -0.39 is 21.3 Å². The lowest BCUT2D eigenvalue weighted by molar-refractivity contribution is -0.138. The number of sulfonamides is 1. The zero-order valence-electron chi connectivity index (χ0n) is 13.1. The van der Waals surface area contributed by atoms with Gasteiger partial charge in [0.2, 0.25) is 15.9 Å². The molecule has 2 rings (SSSR count). The molecular weight excluding hydrogens is 302 g/mol. The summed E-state index contributed by atoms with van der Waals surface area (Å²) >= 11 is 0. The normalized spacial score (nSPS) is 16.8. The molecule has 1 fully saturated rings. The van der Waals surface area contributed by atoms with Gasteiger partial charge in [-0.2, -0.15) is 0 Å². The molecule has 1 saturated carbocycles. The number of benzene rings is 1. The Morgan fingerprint density at radius 1 is 1.23 bits per heavy atom. The van der Waals surface area contributed by atoms with Crippen LogP contribution in [0.4, 0.5) is 0 Å². The number of amides is 1. The number of methoxy groups -OCH3 is 1. The van der Waals surface area contributed by atoms with Crippen LogP contribution in [0.5, 0.6) is 0 Å². The summed E-state index contributed by atoms with van der Waals surface area (Å²) < 4.78 is 31.7. The van der Waals surface area contributed by atoms with Crippen molar-refractivity contribution in [2.45, 2.75) is 38.4 Å². The van der Waals surface area contributed by atoms with Crippen molar-refractivity contribution in [2.75, 3.05) is 13.7 Å². The lowest BCUT2D eigenvalue weighted by Gasteiger charge is -2.39. The fourth-order valence-electron chi connectivity index (χ4n) is 2.69. The van der Waals surface area contributed by atoms with E-state index in [9.17, 15) is 13.2 Å². The lowest BCUT2D eigenvalue weighted by Crippen LogP contribution is -2.50. The monoisotopic (exact) mass is 325 g/mol. The predicted molar refractivity (Wildman–Crippen MR) is 84.7 cm³/mol. The van der Waals surface area contributed by atoms with Gasteiger partial charge < -0.3 is 4.74 Å². The third-order valence-corrected chi connectivity index (χ3v) is 5.46. The molecule has 0 aliphatic heterocycles. The molecule has 6 heteroatoms. The number of aryl methyl sites for hydroxylation is 1. The van der Waals surface area contributed by atoms with Gasteiger partial charge in [0.25, 0.3) is 0 Å². The standard InChI is InChI=1S/C16H23NO4S/c1-3-13-5-7-14(8-6-13)11-22(19,20)17-15(18)16(12-21-2)9-4-10-16/h5-8H,3-4,9-12H2,1-2H3,(H,17,18). The summed E-state index contributed by atoms with van der Waals surface area (Å²) in [4.78, 5) is 12.3. The van der Waals surface area contributed by atoms with Crippen molar-refractivity contribution in [1.29, 1.82) is 0 Å². The average Bonchev–Trinajstić information content (AvgIpc) is 2.42. The molecular formula is C16H23NO4S. The Morgan fingerprint density at radius 2 is 1.82 bits per heavy atom. The Morgan fingerprint density at radius 3 is 2.27 bits per heavy atom. The van der Waals surface area contributed by atoms with Crippen molar-refractivity contribution in [3.8, 4) is 0 Å². The molecule has 0 unspecified atom stereocenters. The Balaban J connectivity index is 2.02. The topological polar surface area (TPSA) is 72.5 Å². The van der Waals surface area contributed by atoms with E-state index in [0.717, 1.165) is 18.4 Å². The molecule has 0 atom stereocenters. The highest BCUT2D eigenvalue weighted by Gasteiger charge is 2.45. The molecule has 1 aromatic rings. The highest BCUT2D eigenvalue weighted by atomic mass is 32.2. The molecule has 0 spiro atoms. The SMILES string of the molecule is CCc1ccc(CS(=O)(=O)NC(=O)C2(COC)CCC2)cc1. The molecule has 1 aliphatic rings. The van der Waals surface area contributed by atoms with Crippen LogP contribution in [0.1, 0.15) is 37.3 Å². The minimum atomic E-state index is -3.69. The summed E-state index contributed by atoms with van der Waals surface area (Å²) in [6, 6.07) is 7.39. The fourth-order valence-corrected chi connectivity index (χ4v) is 3.90. The molecule has 0 bridgehead atoms. The summed E-state index contributed by atoms with van der Waals surface area (Å²) in [5.74, 6) is -0.628. The molecule has 22 heavy (non-hydrogen) atoms. The number of ether oxygens (including phenoxy) is 1. The van der Waals surface area contributed by atoms with Gasteiger partial charge in [0.1, 0.15) is 0 Å².